The summed E-state index contributed by atoms with van der Waals surface area (Å²) < 4.78 is 5.61. The first-order chi connectivity index (χ1) is 12.6. The Balaban J connectivity index is 1.49. The summed E-state index contributed by atoms with van der Waals surface area (Å²) in [5, 5.41) is 3.03. The topological polar surface area (TPSA) is 75.7 Å². The van der Waals surface area contributed by atoms with Gasteiger partial charge < -0.3 is 10.1 Å². The molecular weight excluding hydrogens is 332 g/mol. The number of nitrogens with zero attached hydrogens (tertiary/aromatic N) is 1. The molecular formula is C20H18N2O4. The van der Waals surface area contributed by atoms with Gasteiger partial charge in [-0.25, -0.2) is 0 Å². The van der Waals surface area contributed by atoms with Gasteiger partial charge in [0.25, 0.3) is 5.91 Å². The summed E-state index contributed by atoms with van der Waals surface area (Å²) in [4.78, 5) is 37.4. The van der Waals surface area contributed by atoms with Crippen LogP contribution in [-0.4, -0.2) is 24.3 Å². The van der Waals surface area contributed by atoms with Gasteiger partial charge in [0.2, 0.25) is 11.8 Å². The summed E-state index contributed by atoms with van der Waals surface area (Å²) in [7, 11) is 0. The Morgan fingerprint density at radius 3 is 2.42 bits per heavy atom. The molecule has 1 N–H and O–H groups in total. The minimum atomic E-state index is -0.203. The van der Waals surface area contributed by atoms with Crippen molar-refractivity contribution in [2.24, 2.45) is 0 Å². The lowest BCUT2D eigenvalue weighted by molar-refractivity contribution is -0.121. The highest BCUT2D eigenvalue weighted by Crippen LogP contribution is 2.31. The van der Waals surface area contributed by atoms with E-state index in [1.807, 2.05) is 24.3 Å². The van der Waals surface area contributed by atoms with Crippen LogP contribution in [0.15, 0.2) is 48.5 Å². The summed E-state index contributed by atoms with van der Waals surface area (Å²) >= 11 is 0. The maximum absolute atomic E-state index is 12.6. The molecule has 2 aromatic carbocycles. The normalized spacial score (nSPS) is 19.1. The highest BCUT2D eigenvalue weighted by atomic mass is 16.5. The third kappa shape index (κ3) is 2.94. The third-order valence-electron chi connectivity index (χ3n) is 4.70. The van der Waals surface area contributed by atoms with Crippen LogP contribution in [0.5, 0.6) is 5.75 Å². The Bertz CT molecular complexity index is 860. The molecule has 1 saturated heterocycles. The van der Waals surface area contributed by atoms with Crippen molar-refractivity contribution in [2.45, 2.75) is 25.3 Å². The van der Waals surface area contributed by atoms with Gasteiger partial charge in [0, 0.05) is 30.4 Å². The maximum Gasteiger partial charge on any atom is 0.251 e. The summed E-state index contributed by atoms with van der Waals surface area (Å²) in [6, 6.07) is 14.1. The van der Waals surface area contributed by atoms with Gasteiger partial charge >= 0.3 is 0 Å². The fraction of sp³-hybridized carbons (Fsp3) is 0.250. The first-order valence-electron chi connectivity index (χ1n) is 8.62. The molecule has 26 heavy (non-hydrogen) atoms. The standard InChI is InChI=1S/C20H18N2O4/c23-18-9-10-19(24)22(18)14-7-5-13(6-8-14)20(25)21-16-11-12-26-17-4-2-1-3-15(16)17/h1-8,16H,9-12H2,(H,21,25)/t16-/m0/s1. The summed E-state index contributed by atoms with van der Waals surface area (Å²) in [5.41, 5.74) is 1.96. The smallest absolute Gasteiger partial charge is 0.251 e. The molecule has 2 aliphatic heterocycles. The van der Waals surface area contributed by atoms with Gasteiger partial charge in [-0.15, -0.1) is 0 Å². The number of carbonyl (C=O) groups excluding carboxylic acids is 3. The van der Waals surface area contributed by atoms with E-state index in [0.717, 1.165) is 11.3 Å². The van der Waals surface area contributed by atoms with Gasteiger partial charge in [0.05, 0.1) is 18.3 Å². The van der Waals surface area contributed by atoms with E-state index in [1.54, 1.807) is 24.3 Å². The van der Waals surface area contributed by atoms with Crippen molar-refractivity contribution in [3.63, 3.8) is 0 Å². The molecule has 0 aliphatic carbocycles. The van der Waals surface area contributed by atoms with Crippen LogP contribution < -0.4 is 15.0 Å². The first kappa shape index (κ1) is 16.3. The zero-order valence-corrected chi connectivity index (χ0v) is 14.1. The van der Waals surface area contributed by atoms with E-state index < -0.39 is 0 Å². The molecule has 2 aromatic rings. The van der Waals surface area contributed by atoms with Crippen LogP contribution in [-0.2, 0) is 9.59 Å². The number of benzene rings is 2. The number of anilines is 1. The molecule has 0 aromatic heterocycles. The van der Waals surface area contributed by atoms with Gasteiger partial charge in [-0.1, -0.05) is 18.2 Å². The SMILES string of the molecule is O=C(N[C@H]1CCOc2ccccc21)c1ccc(N2C(=O)CCC2=O)cc1. The predicted octanol–water partition coefficient (Wildman–Crippen LogP) is 2.59. The Hall–Kier alpha value is -3.15. The number of rotatable bonds is 3. The number of imide groups is 1. The van der Waals surface area contributed by atoms with Crippen LogP contribution in [0.4, 0.5) is 5.69 Å². The molecule has 1 fully saturated rings. The second-order valence-corrected chi connectivity index (χ2v) is 6.37. The molecule has 2 heterocycles. The Morgan fingerprint density at radius 1 is 1.00 bits per heavy atom. The van der Waals surface area contributed by atoms with Gasteiger partial charge in [-0.3, -0.25) is 19.3 Å². The number of hydrogen-bond acceptors (Lipinski definition) is 4. The van der Waals surface area contributed by atoms with E-state index >= 15 is 0 Å². The highest BCUT2D eigenvalue weighted by molar-refractivity contribution is 6.19. The lowest BCUT2D eigenvalue weighted by atomic mass is 10.00. The first-order valence-corrected chi connectivity index (χ1v) is 8.62. The fourth-order valence-corrected chi connectivity index (χ4v) is 3.36. The van der Waals surface area contributed by atoms with Crippen LogP contribution >= 0.6 is 0 Å². The second-order valence-electron chi connectivity index (χ2n) is 6.37. The van der Waals surface area contributed by atoms with Crippen molar-refractivity contribution in [1.29, 1.82) is 0 Å². The number of nitrogens with one attached hydrogen (secondary N) is 1. The average molecular weight is 350 g/mol. The summed E-state index contributed by atoms with van der Waals surface area (Å²) in [6.07, 6.45) is 1.19. The minimum absolute atomic E-state index is 0.103. The number of para-hydroxylation sites is 1. The van der Waals surface area contributed by atoms with Crippen molar-refractivity contribution in [3.8, 4) is 5.75 Å². The Morgan fingerprint density at radius 2 is 1.69 bits per heavy atom. The van der Waals surface area contributed by atoms with E-state index in [2.05, 4.69) is 5.32 Å². The summed E-state index contributed by atoms with van der Waals surface area (Å²) in [5.74, 6) is 0.194. The van der Waals surface area contributed by atoms with Crippen LogP contribution in [0, 0.1) is 0 Å². The molecule has 0 saturated carbocycles. The van der Waals surface area contributed by atoms with Crippen LogP contribution in [0.25, 0.3) is 0 Å². The van der Waals surface area contributed by atoms with E-state index in [4.69, 9.17) is 4.74 Å². The quantitative estimate of drug-likeness (QED) is 0.864. The molecule has 0 unspecified atom stereocenters. The van der Waals surface area contributed by atoms with E-state index in [1.165, 1.54) is 4.90 Å². The Kier molecular flexibility index (Phi) is 4.16. The molecule has 6 heteroatoms. The van der Waals surface area contributed by atoms with Crippen LogP contribution in [0.1, 0.15) is 41.2 Å². The minimum Gasteiger partial charge on any atom is -0.493 e. The molecule has 0 bridgehead atoms. The van der Waals surface area contributed by atoms with E-state index in [0.29, 0.717) is 24.3 Å². The molecule has 6 nitrogen and oxygen atoms in total. The lowest BCUT2D eigenvalue weighted by Crippen LogP contribution is -2.32. The number of hydrogen-bond donors (Lipinski definition) is 1. The van der Waals surface area contributed by atoms with Crippen molar-refractivity contribution in [3.05, 3.63) is 59.7 Å². The van der Waals surface area contributed by atoms with Crippen molar-refractivity contribution >= 4 is 23.4 Å². The number of ether oxygens (including phenoxy) is 1. The molecule has 0 radical (unpaired) electrons. The fourth-order valence-electron chi connectivity index (χ4n) is 3.36. The maximum atomic E-state index is 12.6. The number of amides is 3. The van der Waals surface area contributed by atoms with Gasteiger partial charge in [-0.2, -0.15) is 0 Å². The summed E-state index contributed by atoms with van der Waals surface area (Å²) in [6.45, 7) is 0.556. The van der Waals surface area contributed by atoms with Crippen molar-refractivity contribution < 1.29 is 19.1 Å². The second kappa shape index (κ2) is 6.63. The average Bonchev–Trinajstić information content (AvgIpc) is 3.00. The van der Waals surface area contributed by atoms with Crippen molar-refractivity contribution in [1.82, 2.24) is 5.32 Å². The largest absolute Gasteiger partial charge is 0.493 e. The molecule has 3 amide bonds. The lowest BCUT2D eigenvalue weighted by Gasteiger charge is -2.26. The molecule has 0 spiro atoms. The number of carbonyl (C=O) groups is 3. The number of fused-ring (bicyclic) bond motifs is 1. The zero-order valence-electron chi connectivity index (χ0n) is 14.1. The molecule has 4 rings (SSSR count). The van der Waals surface area contributed by atoms with E-state index in [-0.39, 0.29) is 36.6 Å². The van der Waals surface area contributed by atoms with Crippen molar-refractivity contribution in [2.75, 3.05) is 11.5 Å². The Labute approximate surface area is 150 Å². The molecule has 2 aliphatic rings. The van der Waals surface area contributed by atoms with E-state index in [9.17, 15) is 14.4 Å². The van der Waals surface area contributed by atoms with Gasteiger partial charge in [0.1, 0.15) is 5.75 Å². The predicted molar refractivity (Wildman–Crippen MR) is 94.9 cm³/mol. The van der Waals surface area contributed by atoms with Gasteiger partial charge in [-0.05, 0) is 30.3 Å². The highest BCUT2D eigenvalue weighted by Gasteiger charge is 2.30. The molecule has 132 valence electrons. The monoisotopic (exact) mass is 350 g/mol. The van der Waals surface area contributed by atoms with Crippen LogP contribution in [0.2, 0.25) is 0 Å². The molecule has 1 atom stereocenters. The third-order valence-corrected chi connectivity index (χ3v) is 4.70. The van der Waals surface area contributed by atoms with Gasteiger partial charge in [0.15, 0.2) is 0 Å². The van der Waals surface area contributed by atoms with Crippen LogP contribution in [0.3, 0.4) is 0 Å². The zero-order chi connectivity index (χ0) is 18.1.